The molecule has 140 valence electrons. The molecule has 2 heterocycles. The van der Waals surface area contributed by atoms with Crippen LogP contribution in [-0.4, -0.2) is 58.1 Å². The number of aromatic nitrogens is 2. The molecule has 1 aliphatic rings. The van der Waals surface area contributed by atoms with Gasteiger partial charge in [0.2, 0.25) is 5.89 Å². The van der Waals surface area contributed by atoms with E-state index in [1.54, 1.807) is 6.92 Å². The Labute approximate surface area is 152 Å². The molecule has 3 rings (SSSR count). The van der Waals surface area contributed by atoms with Gasteiger partial charge in [-0.25, -0.2) is 0 Å². The van der Waals surface area contributed by atoms with Gasteiger partial charge >= 0.3 is 0 Å². The van der Waals surface area contributed by atoms with E-state index in [1.807, 2.05) is 36.1 Å². The molecule has 8 nitrogen and oxygen atoms in total. The number of piperazine rings is 1. The molecule has 1 amide bonds. The minimum Gasteiger partial charge on any atom is -0.481 e. The lowest BCUT2D eigenvalue weighted by molar-refractivity contribution is -0.139. The monoisotopic (exact) mass is 359 g/mol. The fraction of sp³-hybridized carbons (Fsp3) is 0.500. The number of carbonyl (C=O) groups excluding carboxylic acids is 1. The molecule has 0 radical (unpaired) electrons. The molecule has 1 saturated heterocycles. The van der Waals surface area contributed by atoms with Gasteiger partial charge in [-0.2, -0.15) is 4.98 Å². The summed E-state index contributed by atoms with van der Waals surface area (Å²) >= 11 is 0. The van der Waals surface area contributed by atoms with Crippen LogP contribution in [0.25, 0.3) is 0 Å². The maximum atomic E-state index is 12.6. The highest BCUT2D eigenvalue weighted by Gasteiger charge is 2.26. The number of ether oxygens (including phenoxy) is 1. The van der Waals surface area contributed by atoms with E-state index in [2.05, 4.69) is 15.0 Å². The van der Waals surface area contributed by atoms with Gasteiger partial charge in [-0.05, 0) is 25.5 Å². The molecule has 1 aromatic heterocycles. The Kier molecular flexibility index (Phi) is 5.85. The first-order valence-corrected chi connectivity index (χ1v) is 8.81. The molecule has 1 aromatic carbocycles. The number of amides is 1. The molecule has 2 aromatic rings. The number of para-hydroxylation sites is 1. The Bertz CT molecular complexity index is 740. The van der Waals surface area contributed by atoms with Crippen LogP contribution in [-0.2, 0) is 17.9 Å². The maximum Gasteiger partial charge on any atom is 0.263 e. The van der Waals surface area contributed by atoms with Crippen LogP contribution in [0, 0.1) is 6.92 Å². The molecule has 0 spiro atoms. The van der Waals surface area contributed by atoms with Crippen LogP contribution in [0.5, 0.6) is 5.75 Å². The van der Waals surface area contributed by atoms with Gasteiger partial charge in [-0.3, -0.25) is 9.69 Å². The quantitative estimate of drug-likeness (QED) is 0.820. The molecule has 2 N–H and O–H groups in total. The average molecular weight is 359 g/mol. The summed E-state index contributed by atoms with van der Waals surface area (Å²) in [6.45, 7) is 7.44. The zero-order valence-corrected chi connectivity index (χ0v) is 15.2. The summed E-state index contributed by atoms with van der Waals surface area (Å²) in [6.07, 6.45) is -0.507. The number of nitrogens with two attached hydrogens (primary N) is 1. The SMILES string of the molecule is Cc1ccccc1OC(C)C(=O)N1CCN(Cc2noc(CN)n2)CC1. The maximum absolute atomic E-state index is 12.6. The lowest BCUT2D eigenvalue weighted by Crippen LogP contribution is -2.51. The summed E-state index contributed by atoms with van der Waals surface area (Å²) in [5.41, 5.74) is 6.50. The van der Waals surface area contributed by atoms with Crippen molar-refractivity contribution in [3.63, 3.8) is 0 Å². The van der Waals surface area contributed by atoms with E-state index in [9.17, 15) is 4.79 Å². The number of hydrogen-bond acceptors (Lipinski definition) is 7. The molecule has 0 aliphatic carbocycles. The Hall–Kier alpha value is -2.45. The van der Waals surface area contributed by atoms with Crippen LogP contribution in [0.3, 0.4) is 0 Å². The third-order valence-corrected chi connectivity index (χ3v) is 4.48. The van der Waals surface area contributed by atoms with Crippen molar-refractivity contribution in [2.24, 2.45) is 5.73 Å². The Morgan fingerprint density at radius 2 is 2.04 bits per heavy atom. The number of carbonyl (C=O) groups is 1. The number of aryl methyl sites for hydroxylation is 1. The fourth-order valence-corrected chi connectivity index (χ4v) is 2.95. The van der Waals surface area contributed by atoms with Gasteiger partial charge in [0.1, 0.15) is 5.75 Å². The molecule has 0 saturated carbocycles. The third kappa shape index (κ3) is 4.39. The minimum absolute atomic E-state index is 0.0119. The summed E-state index contributed by atoms with van der Waals surface area (Å²) in [7, 11) is 0. The highest BCUT2D eigenvalue weighted by Crippen LogP contribution is 2.19. The summed E-state index contributed by atoms with van der Waals surface area (Å²) in [6, 6.07) is 7.72. The Morgan fingerprint density at radius 1 is 1.31 bits per heavy atom. The zero-order chi connectivity index (χ0) is 18.5. The van der Waals surface area contributed by atoms with E-state index in [0.717, 1.165) is 24.4 Å². The summed E-state index contributed by atoms with van der Waals surface area (Å²) in [5.74, 6) is 1.83. The van der Waals surface area contributed by atoms with Crippen molar-refractivity contribution in [2.75, 3.05) is 26.2 Å². The lowest BCUT2D eigenvalue weighted by Gasteiger charge is -2.35. The van der Waals surface area contributed by atoms with E-state index in [4.69, 9.17) is 15.0 Å². The van der Waals surface area contributed by atoms with Crippen molar-refractivity contribution in [3.05, 3.63) is 41.5 Å². The number of benzene rings is 1. The number of hydrogen-bond donors (Lipinski definition) is 1. The van der Waals surface area contributed by atoms with Crippen LogP contribution in [0.4, 0.5) is 0 Å². The predicted molar refractivity (Wildman–Crippen MR) is 95.3 cm³/mol. The third-order valence-electron chi connectivity index (χ3n) is 4.48. The van der Waals surface area contributed by atoms with Crippen LogP contribution in [0.15, 0.2) is 28.8 Å². The first-order valence-electron chi connectivity index (χ1n) is 8.81. The predicted octanol–water partition coefficient (Wildman–Crippen LogP) is 0.948. The van der Waals surface area contributed by atoms with E-state index >= 15 is 0 Å². The second-order valence-electron chi connectivity index (χ2n) is 6.44. The van der Waals surface area contributed by atoms with Gasteiger partial charge in [0.15, 0.2) is 11.9 Å². The topological polar surface area (TPSA) is 97.7 Å². The van der Waals surface area contributed by atoms with Crippen LogP contribution >= 0.6 is 0 Å². The Morgan fingerprint density at radius 3 is 2.69 bits per heavy atom. The summed E-state index contributed by atoms with van der Waals surface area (Å²) in [5, 5.41) is 3.91. The van der Waals surface area contributed by atoms with Crippen LogP contribution in [0.1, 0.15) is 24.2 Å². The fourth-order valence-electron chi connectivity index (χ4n) is 2.95. The minimum atomic E-state index is -0.507. The standard InChI is InChI=1S/C18H25N5O3/c1-13-5-3-4-6-15(13)25-14(2)18(24)23-9-7-22(8-10-23)12-16-20-17(11-19)26-21-16/h3-6,14H,7-12,19H2,1-2H3. The molecule has 1 atom stereocenters. The molecule has 1 fully saturated rings. The molecule has 1 unspecified atom stereocenters. The first kappa shape index (κ1) is 18.3. The van der Waals surface area contributed by atoms with E-state index < -0.39 is 6.10 Å². The molecule has 1 aliphatic heterocycles. The Balaban J connectivity index is 1.49. The van der Waals surface area contributed by atoms with Gasteiger partial charge < -0.3 is 19.9 Å². The normalized spacial score (nSPS) is 16.5. The van der Waals surface area contributed by atoms with Crippen molar-refractivity contribution < 1.29 is 14.1 Å². The second-order valence-corrected chi connectivity index (χ2v) is 6.44. The van der Waals surface area contributed by atoms with Gasteiger partial charge in [0.25, 0.3) is 5.91 Å². The lowest BCUT2D eigenvalue weighted by atomic mass is 10.2. The second kappa shape index (κ2) is 8.29. The smallest absolute Gasteiger partial charge is 0.263 e. The molecule has 0 bridgehead atoms. The first-order chi connectivity index (χ1) is 12.6. The molecular formula is C18H25N5O3. The van der Waals surface area contributed by atoms with E-state index in [0.29, 0.717) is 31.3 Å². The van der Waals surface area contributed by atoms with Crippen molar-refractivity contribution in [1.82, 2.24) is 19.9 Å². The van der Waals surface area contributed by atoms with Crippen LogP contribution in [0.2, 0.25) is 0 Å². The zero-order valence-electron chi connectivity index (χ0n) is 15.2. The molecular weight excluding hydrogens is 334 g/mol. The summed E-state index contributed by atoms with van der Waals surface area (Å²) < 4.78 is 10.9. The van der Waals surface area contributed by atoms with Gasteiger partial charge in [0.05, 0.1) is 13.1 Å². The van der Waals surface area contributed by atoms with Crippen molar-refractivity contribution >= 4 is 5.91 Å². The highest BCUT2D eigenvalue weighted by molar-refractivity contribution is 5.81. The number of rotatable bonds is 6. The van der Waals surface area contributed by atoms with Crippen molar-refractivity contribution in [2.45, 2.75) is 33.0 Å². The van der Waals surface area contributed by atoms with Crippen molar-refractivity contribution in [3.8, 4) is 5.75 Å². The molecule has 8 heteroatoms. The van der Waals surface area contributed by atoms with Crippen LogP contribution < -0.4 is 10.5 Å². The van der Waals surface area contributed by atoms with E-state index in [1.165, 1.54) is 0 Å². The summed E-state index contributed by atoms with van der Waals surface area (Å²) in [4.78, 5) is 20.9. The van der Waals surface area contributed by atoms with Gasteiger partial charge in [-0.15, -0.1) is 0 Å². The van der Waals surface area contributed by atoms with Gasteiger partial charge in [0, 0.05) is 26.2 Å². The highest BCUT2D eigenvalue weighted by atomic mass is 16.5. The van der Waals surface area contributed by atoms with Gasteiger partial charge in [-0.1, -0.05) is 23.4 Å². The number of nitrogens with zero attached hydrogens (tertiary/aromatic N) is 4. The van der Waals surface area contributed by atoms with Crippen molar-refractivity contribution in [1.29, 1.82) is 0 Å². The average Bonchev–Trinajstić information content (AvgIpc) is 3.11. The molecule has 26 heavy (non-hydrogen) atoms. The largest absolute Gasteiger partial charge is 0.481 e. The van der Waals surface area contributed by atoms with E-state index in [-0.39, 0.29) is 12.5 Å².